The molecule has 0 aliphatic carbocycles. The Morgan fingerprint density at radius 2 is 1.63 bits per heavy atom. The van der Waals surface area contributed by atoms with E-state index in [2.05, 4.69) is 10.00 Å². The van der Waals surface area contributed by atoms with Crippen LogP contribution in [-0.2, 0) is 20.0 Å². The van der Waals surface area contributed by atoms with E-state index < -0.39 is 6.43 Å². The van der Waals surface area contributed by atoms with E-state index in [4.69, 9.17) is 4.74 Å². The number of fused-ring (bicyclic) bond motifs is 3. The third kappa shape index (κ3) is 5.77. The molecule has 252 valence electrons. The zero-order chi connectivity index (χ0) is 34.4. The predicted octanol–water partition coefficient (Wildman–Crippen LogP) is 7.21. The van der Waals surface area contributed by atoms with Gasteiger partial charge in [-0.2, -0.15) is 5.10 Å². The number of carbonyl (C=O) groups is 2. The first kappa shape index (κ1) is 32.2. The van der Waals surface area contributed by atoms with E-state index in [0.717, 1.165) is 48.0 Å². The molecule has 2 aliphatic heterocycles. The second-order valence-electron chi connectivity index (χ2n) is 12.8. The molecule has 0 radical (unpaired) electrons. The highest BCUT2D eigenvalue weighted by Crippen LogP contribution is 2.44. The van der Waals surface area contributed by atoms with Crippen LogP contribution < -0.4 is 15.2 Å². The second kappa shape index (κ2) is 12.9. The minimum atomic E-state index is -2.71. The Kier molecular flexibility index (Phi) is 8.52. The number of hydrogen-bond acceptors (Lipinski definition) is 6. The molecule has 0 fully saturated rings. The zero-order valence-electron chi connectivity index (χ0n) is 27.7. The largest absolute Gasteiger partial charge is 0.497 e. The standard InChI is InChI=1S/C38H37F2N5O4/c1-23-16-31-33(42(2)36(23)46)18-26(49-3)19-34(31)44-15-9-10-24-17-29(30(35(39)40)20-32(24)44)25-21-41-43(22-25)13-7-4-8-14-45-37(47)27-11-5-6-12-28(27)38(45)48/h5-6,11-12,16-22,35H,4,7-10,13-15H2,1-3H3. The van der Waals surface area contributed by atoms with Gasteiger partial charge >= 0.3 is 0 Å². The summed E-state index contributed by atoms with van der Waals surface area (Å²) in [6, 6.07) is 15.9. The molecule has 2 aliphatic rings. The van der Waals surface area contributed by atoms with Crippen molar-refractivity contribution in [1.82, 2.24) is 19.2 Å². The van der Waals surface area contributed by atoms with E-state index in [-0.39, 0.29) is 22.9 Å². The number of carbonyl (C=O) groups excluding carboxylic acids is 2. The smallest absolute Gasteiger partial charge is 0.264 e. The van der Waals surface area contributed by atoms with Crippen LogP contribution in [0.25, 0.3) is 22.0 Å². The van der Waals surface area contributed by atoms with E-state index in [1.165, 1.54) is 4.90 Å². The number of halogens is 2. The van der Waals surface area contributed by atoms with Crippen molar-refractivity contribution >= 4 is 34.1 Å². The van der Waals surface area contributed by atoms with Crippen LogP contribution in [0.1, 0.15) is 69.5 Å². The number of anilines is 2. The van der Waals surface area contributed by atoms with E-state index >= 15 is 0 Å². The molecule has 2 aromatic heterocycles. The van der Waals surface area contributed by atoms with Crippen molar-refractivity contribution in [2.45, 2.75) is 52.0 Å². The number of aromatic nitrogens is 3. The number of imide groups is 1. The van der Waals surface area contributed by atoms with Crippen LogP contribution in [0.5, 0.6) is 5.75 Å². The molecule has 7 rings (SSSR count). The van der Waals surface area contributed by atoms with Gasteiger partial charge < -0.3 is 14.2 Å². The lowest BCUT2D eigenvalue weighted by Crippen LogP contribution is -2.30. The molecule has 0 atom stereocenters. The highest BCUT2D eigenvalue weighted by Gasteiger charge is 2.34. The summed E-state index contributed by atoms with van der Waals surface area (Å²) in [5, 5.41) is 5.32. The summed E-state index contributed by atoms with van der Waals surface area (Å²) in [6.07, 6.45) is 4.47. The normalized spacial score (nSPS) is 14.2. The summed E-state index contributed by atoms with van der Waals surface area (Å²) in [5.41, 5.74) is 5.61. The van der Waals surface area contributed by atoms with Gasteiger partial charge in [0, 0.05) is 72.8 Å². The van der Waals surface area contributed by atoms with Crippen molar-refractivity contribution in [2.24, 2.45) is 7.05 Å². The molecular formula is C38H37F2N5O4. The number of hydrogen-bond donors (Lipinski definition) is 0. The molecule has 9 nitrogen and oxygen atoms in total. The van der Waals surface area contributed by atoms with Gasteiger partial charge in [-0.1, -0.05) is 12.1 Å². The lowest BCUT2D eigenvalue weighted by atomic mass is 9.92. The van der Waals surface area contributed by atoms with Crippen LogP contribution >= 0.6 is 0 Å². The Balaban J connectivity index is 1.10. The summed E-state index contributed by atoms with van der Waals surface area (Å²) in [7, 11) is 3.30. The molecule has 0 spiro atoms. The third-order valence-corrected chi connectivity index (χ3v) is 9.70. The summed E-state index contributed by atoms with van der Waals surface area (Å²) in [6.45, 7) is 3.34. The number of alkyl halides is 2. The van der Waals surface area contributed by atoms with Crippen LogP contribution in [0.2, 0.25) is 0 Å². The number of benzene rings is 3. The fourth-order valence-corrected chi connectivity index (χ4v) is 7.13. The lowest BCUT2D eigenvalue weighted by molar-refractivity contribution is 0.0651. The van der Waals surface area contributed by atoms with Crippen LogP contribution in [0.15, 0.2) is 71.8 Å². The molecule has 4 heterocycles. The minimum absolute atomic E-state index is 0.0677. The van der Waals surface area contributed by atoms with Gasteiger partial charge in [-0.3, -0.25) is 24.0 Å². The Bertz CT molecular complexity index is 2140. The summed E-state index contributed by atoms with van der Waals surface area (Å²) >= 11 is 0. The number of pyridine rings is 1. The maximum absolute atomic E-state index is 14.7. The second-order valence-corrected chi connectivity index (χ2v) is 12.8. The minimum Gasteiger partial charge on any atom is -0.497 e. The monoisotopic (exact) mass is 665 g/mol. The maximum Gasteiger partial charge on any atom is 0.264 e. The Labute approximate surface area is 282 Å². The number of amides is 2. The number of unbranched alkanes of at least 4 members (excludes halogenated alkanes) is 2. The highest BCUT2D eigenvalue weighted by atomic mass is 19.3. The van der Waals surface area contributed by atoms with Crippen molar-refractivity contribution in [2.75, 3.05) is 25.1 Å². The molecule has 0 unspecified atom stereocenters. The first-order chi connectivity index (χ1) is 23.7. The summed E-state index contributed by atoms with van der Waals surface area (Å²) in [4.78, 5) is 41.4. The molecule has 0 N–H and O–H groups in total. The van der Waals surface area contributed by atoms with E-state index in [1.54, 1.807) is 73.1 Å². The zero-order valence-corrected chi connectivity index (χ0v) is 27.7. The molecule has 5 aromatic rings. The van der Waals surface area contributed by atoms with Gasteiger partial charge in [0.25, 0.3) is 23.8 Å². The Hall–Kier alpha value is -5.32. The Morgan fingerprint density at radius 1 is 0.898 bits per heavy atom. The topological polar surface area (TPSA) is 89.7 Å². The van der Waals surface area contributed by atoms with Crippen LogP contribution in [0.4, 0.5) is 20.2 Å². The number of rotatable bonds is 10. The number of methoxy groups -OCH3 is 1. The number of ether oxygens (including phenoxy) is 1. The SMILES string of the molecule is COc1cc(N2CCCc3cc(-c4cnn(CCCCCN5C(=O)c6ccccc6C5=O)c4)c(C(F)F)cc32)c2cc(C)c(=O)n(C)c2c1. The molecule has 11 heteroatoms. The molecule has 3 aromatic carbocycles. The van der Waals surface area contributed by atoms with Crippen molar-refractivity contribution in [1.29, 1.82) is 0 Å². The van der Waals surface area contributed by atoms with Gasteiger partial charge in [-0.15, -0.1) is 0 Å². The maximum atomic E-state index is 14.7. The van der Waals surface area contributed by atoms with Gasteiger partial charge in [0.2, 0.25) is 0 Å². The summed E-state index contributed by atoms with van der Waals surface area (Å²) in [5.74, 6) is 0.0774. The van der Waals surface area contributed by atoms with Gasteiger partial charge in [-0.25, -0.2) is 8.78 Å². The number of nitrogens with zero attached hydrogens (tertiary/aromatic N) is 5. The lowest BCUT2D eigenvalue weighted by Gasteiger charge is -2.34. The van der Waals surface area contributed by atoms with Crippen molar-refractivity contribution < 1.29 is 23.1 Å². The fraction of sp³-hybridized carbons (Fsp3) is 0.316. The van der Waals surface area contributed by atoms with E-state index in [0.29, 0.717) is 65.1 Å². The molecule has 0 saturated heterocycles. The van der Waals surface area contributed by atoms with Crippen molar-refractivity contribution in [3.63, 3.8) is 0 Å². The highest BCUT2D eigenvalue weighted by molar-refractivity contribution is 6.21. The average molecular weight is 666 g/mol. The van der Waals surface area contributed by atoms with Gasteiger partial charge in [0.1, 0.15) is 5.75 Å². The fourth-order valence-electron chi connectivity index (χ4n) is 7.13. The molecule has 0 saturated carbocycles. The van der Waals surface area contributed by atoms with Crippen LogP contribution in [-0.4, -0.2) is 51.3 Å². The molecule has 0 bridgehead atoms. The van der Waals surface area contributed by atoms with Gasteiger partial charge in [0.05, 0.1) is 35.6 Å². The van der Waals surface area contributed by atoms with Gasteiger partial charge in [0.15, 0.2) is 0 Å². The first-order valence-electron chi connectivity index (χ1n) is 16.5. The molecular weight excluding hydrogens is 628 g/mol. The Morgan fingerprint density at radius 3 is 2.35 bits per heavy atom. The molecule has 49 heavy (non-hydrogen) atoms. The van der Waals surface area contributed by atoms with Crippen LogP contribution in [0.3, 0.4) is 0 Å². The van der Waals surface area contributed by atoms with E-state index in [9.17, 15) is 23.2 Å². The van der Waals surface area contributed by atoms with Crippen molar-refractivity contribution in [3.8, 4) is 16.9 Å². The third-order valence-electron chi connectivity index (χ3n) is 9.70. The summed E-state index contributed by atoms with van der Waals surface area (Å²) < 4.78 is 38.4. The van der Waals surface area contributed by atoms with Crippen molar-refractivity contribution in [3.05, 3.63) is 105 Å². The van der Waals surface area contributed by atoms with E-state index in [1.807, 2.05) is 24.3 Å². The predicted molar refractivity (Wildman–Crippen MR) is 184 cm³/mol. The van der Waals surface area contributed by atoms with Crippen LogP contribution in [0, 0.1) is 6.92 Å². The average Bonchev–Trinajstić information content (AvgIpc) is 3.68. The molecule has 2 amide bonds. The van der Waals surface area contributed by atoms with Gasteiger partial charge in [-0.05, 0) is 80.5 Å². The number of aryl methyl sites for hydroxylation is 4. The quantitative estimate of drug-likeness (QED) is 0.116. The first-order valence-corrected chi connectivity index (χ1v) is 16.5.